The first-order chi connectivity index (χ1) is 6.45. The molecule has 2 aromatic rings. The van der Waals surface area contributed by atoms with E-state index in [0.717, 1.165) is 5.56 Å². The second-order valence-corrected chi connectivity index (χ2v) is 2.71. The maximum Gasteiger partial charge on any atom is 0.284 e. The maximum atomic E-state index is 5.37. The summed E-state index contributed by atoms with van der Waals surface area (Å²) in [4.78, 5) is 0. The lowest BCUT2D eigenvalue weighted by Gasteiger charge is -2.01. The predicted octanol–water partition coefficient (Wildman–Crippen LogP) is 2.86. The molecule has 0 unspecified atom stereocenters. The average Bonchev–Trinajstić information content (AvgIpc) is 2.69. The molecule has 0 aliphatic rings. The molecule has 0 atom stereocenters. The molecule has 0 aliphatic heterocycles. The highest BCUT2D eigenvalue weighted by Crippen LogP contribution is 2.12. The van der Waals surface area contributed by atoms with Gasteiger partial charge in [-0.15, -0.1) is 0 Å². The van der Waals surface area contributed by atoms with Crippen LogP contribution in [0.1, 0.15) is 5.56 Å². The van der Waals surface area contributed by atoms with Crippen molar-refractivity contribution in [2.24, 2.45) is 0 Å². The second-order valence-electron chi connectivity index (χ2n) is 2.71. The van der Waals surface area contributed by atoms with Gasteiger partial charge in [0, 0.05) is 6.07 Å². The molecule has 2 rings (SSSR count). The van der Waals surface area contributed by atoms with Crippen LogP contribution < -0.4 is 4.74 Å². The number of ether oxygens (including phenoxy) is 1. The monoisotopic (exact) mass is 174 g/mol. The summed E-state index contributed by atoms with van der Waals surface area (Å²) in [5.41, 5.74) is 1.14. The summed E-state index contributed by atoms with van der Waals surface area (Å²) in [5.74, 6) is 0.559. The molecule has 0 aliphatic carbocycles. The first-order valence-corrected chi connectivity index (χ1v) is 4.15. The molecule has 1 aromatic heterocycles. The first kappa shape index (κ1) is 7.92. The van der Waals surface area contributed by atoms with Crippen molar-refractivity contribution < 1.29 is 9.15 Å². The molecule has 66 valence electrons. The minimum Gasteiger partial charge on any atom is -0.460 e. The van der Waals surface area contributed by atoms with E-state index in [-0.39, 0.29) is 0 Å². The Balaban J connectivity index is 1.94. The molecule has 2 nitrogen and oxygen atoms in total. The zero-order valence-electron chi connectivity index (χ0n) is 7.14. The standard InChI is InChI=1S/C11H10O2/c1-2-5-10(6-3-1)9-13-11-7-4-8-12-11/h1-8H,9H2. The Morgan fingerprint density at radius 3 is 2.54 bits per heavy atom. The smallest absolute Gasteiger partial charge is 0.284 e. The zero-order valence-corrected chi connectivity index (χ0v) is 7.14. The summed E-state index contributed by atoms with van der Waals surface area (Å²) >= 11 is 0. The largest absolute Gasteiger partial charge is 0.460 e. The number of furan rings is 1. The number of benzene rings is 1. The van der Waals surface area contributed by atoms with Crippen molar-refractivity contribution in [1.82, 2.24) is 0 Å². The van der Waals surface area contributed by atoms with E-state index in [0.29, 0.717) is 12.6 Å². The third-order valence-corrected chi connectivity index (χ3v) is 1.72. The van der Waals surface area contributed by atoms with Crippen LogP contribution in [0, 0.1) is 0 Å². The van der Waals surface area contributed by atoms with Crippen molar-refractivity contribution >= 4 is 0 Å². The van der Waals surface area contributed by atoms with Gasteiger partial charge in [0.05, 0.1) is 6.26 Å². The van der Waals surface area contributed by atoms with Gasteiger partial charge in [-0.25, -0.2) is 0 Å². The Kier molecular flexibility index (Phi) is 2.32. The Morgan fingerprint density at radius 2 is 1.85 bits per heavy atom. The normalized spacial score (nSPS) is 9.85. The third-order valence-electron chi connectivity index (χ3n) is 1.72. The summed E-state index contributed by atoms with van der Waals surface area (Å²) in [6.45, 7) is 0.550. The SMILES string of the molecule is c1ccc(COc2ccco2)cc1. The fraction of sp³-hybridized carbons (Fsp3) is 0.0909. The summed E-state index contributed by atoms with van der Waals surface area (Å²) in [5, 5.41) is 0. The van der Waals surface area contributed by atoms with Gasteiger partial charge in [-0.3, -0.25) is 0 Å². The van der Waals surface area contributed by atoms with Crippen molar-refractivity contribution in [3.8, 4) is 5.95 Å². The number of rotatable bonds is 3. The maximum absolute atomic E-state index is 5.37. The molecule has 0 N–H and O–H groups in total. The number of hydrogen-bond acceptors (Lipinski definition) is 2. The minimum atomic E-state index is 0.550. The molecule has 2 heteroatoms. The van der Waals surface area contributed by atoms with Crippen molar-refractivity contribution in [1.29, 1.82) is 0 Å². The van der Waals surface area contributed by atoms with Gasteiger partial charge in [0.15, 0.2) is 0 Å². The lowest BCUT2D eigenvalue weighted by molar-refractivity contribution is 0.232. The Bertz CT molecular complexity index is 338. The van der Waals surface area contributed by atoms with Gasteiger partial charge in [-0.1, -0.05) is 30.3 Å². The van der Waals surface area contributed by atoms with Crippen molar-refractivity contribution in [2.75, 3.05) is 0 Å². The quantitative estimate of drug-likeness (QED) is 0.713. The predicted molar refractivity (Wildman–Crippen MR) is 49.5 cm³/mol. The van der Waals surface area contributed by atoms with Crippen LogP contribution in [-0.2, 0) is 6.61 Å². The Morgan fingerprint density at radius 1 is 1.00 bits per heavy atom. The van der Waals surface area contributed by atoms with E-state index < -0.39 is 0 Å². The van der Waals surface area contributed by atoms with Gasteiger partial charge in [0.25, 0.3) is 5.95 Å². The topological polar surface area (TPSA) is 22.4 Å². The zero-order chi connectivity index (χ0) is 8.93. The van der Waals surface area contributed by atoms with E-state index in [1.165, 1.54) is 0 Å². The van der Waals surface area contributed by atoms with Crippen molar-refractivity contribution in [3.63, 3.8) is 0 Å². The van der Waals surface area contributed by atoms with E-state index in [1.807, 2.05) is 30.3 Å². The lowest BCUT2D eigenvalue weighted by atomic mass is 10.2. The van der Waals surface area contributed by atoms with Crippen molar-refractivity contribution in [2.45, 2.75) is 6.61 Å². The summed E-state index contributed by atoms with van der Waals surface area (Å²) < 4.78 is 10.4. The van der Waals surface area contributed by atoms with E-state index in [4.69, 9.17) is 9.15 Å². The van der Waals surface area contributed by atoms with E-state index >= 15 is 0 Å². The summed E-state index contributed by atoms with van der Waals surface area (Å²) in [6, 6.07) is 13.6. The van der Waals surface area contributed by atoms with Crippen LogP contribution in [0.3, 0.4) is 0 Å². The molecule has 13 heavy (non-hydrogen) atoms. The third kappa shape index (κ3) is 2.12. The molecular weight excluding hydrogens is 164 g/mol. The van der Waals surface area contributed by atoms with Gasteiger partial charge in [-0.2, -0.15) is 0 Å². The second kappa shape index (κ2) is 3.81. The van der Waals surface area contributed by atoms with Gasteiger partial charge in [0.2, 0.25) is 0 Å². The van der Waals surface area contributed by atoms with Gasteiger partial charge in [-0.05, 0) is 11.6 Å². The Hall–Kier alpha value is -1.70. The highest BCUT2D eigenvalue weighted by molar-refractivity contribution is 5.14. The van der Waals surface area contributed by atoms with Crippen LogP contribution in [-0.4, -0.2) is 0 Å². The molecule has 0 fully saturated rings. The lowest BCUT2D eigenvalue weighted by Crippen LogP contribution is -1.93. The van der Waals surface area contributed by atoms with Gasteiger partial charge >= 0.3 is 0 Å². The van der Waals surface area contributed by atoms with Crippen molar-refractivity contribution in [3.05, 3.63) is 54.3 Å². The van der Waals surface area contributed by atoms with Crippen LogP contribution >= 0.6 is 0 Å². The molecule has 0 bridgehead atoms. The van der Waals surface area contributed by atoms with Gasteiger partial charge in [0.1, 0.15) is 6.61 Å². The molecule has 0 amide bonds. The Labute approximate surface area is 76.8 Å². The molecular formula is C11H10O2. The fourth-order valence-electron chi connectivity index (χ4n) is 1.07. The van der Waals surface area contributed by atoms with E-state index in [9.17, 15) is 0 Å². The fourth-order valence-corrected chi connectivity index (χ4v) is 1.07. The van der Waals surface area contributed by atoms with Crippen LogP contribution in [0.15, 0.2) is 53.1 Å². The first-order valence-electron chi connectivity index (χ1n) is 4.15. The molecule has 1 aromatic carbocycles. The highest BCUT2D eigenvalue weighted by atomic mass is 16.6. The van der Waals surface area contributed by atoms with Crippen LogP contribution in [0.25, 0.3) is 0 Å². The molecule has 0 saturated carbocycles. The molecule has 1 heterocycles. The van der Waals surface area contributed by atoms with E-state index in [1.54, 1.807) is 18.4 Å². The average molecular weight is 174 g/mol. The summed E-state index contributed by atoms with van der Waals surface area (Å²) in [6.07, 6.45) is 1.60. The highest BCUT2D eigenvalue weighted by Gasteiger charge is 1.95. The van der Waals surface area contributed by atoms with Crippen LogP contribution in [0.4, 0.5) is 0 Å². The van der Waals surface area contributed by atoms with Gasteiger partial charge < -0.3 is 9.15 Å². The molecule has 0 saturated heterocycles. The minimum absolute atomic E-state index is 0.550. The number of hydrogen-bond donors (Lipinski definition) is 0. The van der Waals surface area contributed by atoms with E-state index in [2.05, 4.69) is 0 Å². The molecule has 0 radical (unpaired) electrons. The summed E-state index contributed by atoms with van der Waals surface area (Å²) in [7, 11) is 0. The van der Waals surface area contributed by atoms with Crippen LogP contribution in [0.2, 0.25) is 0 Å². The molecule has 0 spiro atoms. The van der Waals surface area contributed by atoms with Crippen LogP contribution in [0.5, 0.6) is 5.95 Å².